The second-order valence-corrected chi connectivity index (χ2v) is 6.65. The van der Waals surface area contributed by atoms with Crippen LogP contribution in [0.1, 0.15) is 31.7 Å². The summed E-state index contributed by atoms with van der Waals surface area (Å²) < 4.78 is 13.8. The number of hydrogen-bond acceptors (Lipinski definition) is 3. The number of piperidine rings is 1. The molecule has 1 aliphatic rings. The lowest BCUT2D eigenvalue weighted by atomic mass is 9.97. The Bertz CT molecular complexity index is 535. The van der Waals surface area contributed by atoms with Gasteiger partial charge in [0.25, 0.3) is 0 Å². The van der Waals surface area contributed by atoms with Gasteiger partial charge < -0.3 is 10.0 Å². The van der Waals surface area contributed by atoms with Gasteiger partial charge >= 0.3 is 0 Å². The van der Waals surface area contributed by atoms with Crippen LogP contribution >= 0.6 is 11.6 Å². The van der Waals surface area contributed by atoms with Crippen molar-refractivity contribution in [2.24, 2.45) is 0 Å². The molecular weight excluding hydrogens is 319 g/mol. The molecule has 1 aromatic rings. The molecule has 0 bridgehead atoms. The molecule has 0 spiro atoms. The number of likely N-dealkylation sites (tertiary alicyclic amines) is 1. The van der Waals surface area contributed by atoms with Gasteiger partial charge in [-0.15, -0.1) is 0 Å². The number of aliphatic hydroxyl groups is 1. The number of hydrogen-bond donors (Lipinski definition) is 1. The van der Waals surface area contributed by atoms with Gasteiger partial charge in [0.05, 0.1) is 13.2 Å². The molecule has 2 rings (SSSR count). The van der Waals surface area contributed by atoms with Gasteiger partial charge in [0.1, 0.15) is 5.82 Å². The Morgan fingerprint density at radius 1 is 1.48 bits per heavy atom. The number of benzene rings is 1. The van der Waals surface area contributed by atoms with Crippen molar-refractivity contribution in [2.45, 2.75) is 44.8 Å². The van der Waals surface area contributed by atoms with E-state index in [9.17, 15) is 14.3 Å². The van der Waals surface area contributed by atoms with Crippen LogP contribution in [0.4, 0.5) is 4.39 Å². The molecule has 23 heavy (non-hydrogen) atoms. The van der Waals surface area contributed by atoms with Gasteiger partial charge in [-0.1, -0.05) is 24.1 Å². The predicted molar refractivity (Wildman–Crippen MR) is 88.8 cm³/mol. The summed E-state index contributed by atoms with van der Waals surface area (Å²) in [5.41, 5.74) is 0.329. The summed E-state index contributed by atoms with van der Waals surface area (Å²) in [6.07, 6.45) is 2.99. The van der Waals surface area contributed by atoms with Crippen LogP contribution in [-0.4, -0.2) is 53.1 Å². The molecule has 1 aliphatic heterocycles. The average molecular weight is 343 g/mol. The second kappa shape index (κ2) is 8.08. The lowest BCUT2D eigenvalue weighted by molar-refractivity contribution is -0.133. The Kier molecular flexibility index (Phi) is 6.39. The van der Waals surface area contributed by atoms with Gasteiger partial charge in [0.2, 0.25) is 5.91 Å². The quantitative estimate of drug-likeness (QED) is 0.894. The van der Waals surface area contributed by atoms with Crippen molar-refractivity contribution in [2.75, 3.05) is 20.2 Å². The molecule has 0 aliphatic carbocycles. The summed E-state index contributed by atoms with van der Waals surface area (Å²) in [5.74, 6) is -0.506. The van der Waals surface area contributed by atoms with Crippen LogP contribution in [0.3, 0.4) is 0 Å². The summed E-state index contributed by atoms with van der Waals surface area (Å²) >= 11 is 6.02. The molecule has 6 heteroatoms. The monoisotopic (exact) mass is 342 g/mol. The van der Waals surface area contributed by atoms with Crippen molar-refractivity contribution < 1.29 is 14.3 Å². The highest BCUT2D eigenvalue weighted by Crippen LogP contribution is 2.23. The van der Waals surface area contributed by atoms with E-state index in [2.05, 4.69) is 6.92 Å². The highest BCUT2D eigenvalue weighted by Gasteiger charge is 2.29. The molecule has 0 radical (unpaired) electrons. The summed E-state index contributed by atoms with van der Waals surface area (Å²) in [4.78, 5) is 16.0. The normalized spacial score (nSPS) is 22.1. The second-order valence-electron chi connectivity index (χ2n) is 6.24. The van der Waals surface area contributed by atoms with Crippen molar-refractivity contribution in [3.8, 4) is 0 Å². The van der Waals surface area contributed by atoms with Crippen molar-refractivity contribution in [3.63, 3.8) is 0 Å². The first-order valence-electron chi connectivity index (χ1n) is 7.97. The molecule has 2 atom stereocenters. The molecule has 1 heterocycles. The topological polar surface area (TPSA) is 43.8 Å². The maximum Gasteiger partial charge on any atom is 0.236 e. The highest BCUT2D eigenvalue weighted by atomic mass is 35.5. The third-order valence-corrected chi connectivity index (χ3v) is 4.96. The molecule has 0 saturated carbocycles. The standard InChI is InChI=1S/C17H24ClFN2O2/c1-12-5-3-6-13(11-22)21(12)10-17(23)20(2)9-14-15(18)7-4-8-16(14)19/h4,7-8,12-13,22H,3,5-6,9-11H2,1-2H3. The number of nitrogens with zero attached hydrogens (tertiary/aromatic N) is 2. The minimum Gasteiger partial charge on any atom is -0.395 e. The fourth-order valence-electron chi connectivity index (χ4n) is 3.11. The predicted octanol–water partition coefficient (Wildman–Crippen LogP) is 2.67. The van der Waals surface area contributed by atoms with Crippen LogP contribution in [0, 0.1) is 5.82 Å². The highest BCUT2D eigenvalue weighted by molar-refractivity contribution is 6.31. The number of rotatable bonds is 5. The number of aliphatic hydroxyl groups excluding tert-OH is 1. The van der Waals surface area contributed by atoms with Crippen LogP contribution in [0.5, 0.6) is 0 Å². The van der Waals surface area contributed by atoms with E-state index in [1.54, 1.807) is 19.2 Å². The zero-order valence-corrected chi connectivity index (χ0v) is 14.4. The molecule has 0 aromatic heterocycles. The maximum atomic E-state index is 13.8. The molecule has 2 unspecified atom stereocenters. The summed E-state index contributed by atoms with van der Waals surface area (Å²) in [6, 6.07) is 4.79. The molecule has 1 fully saturated rings. The lowest BCUT2D eigenvalue weighted by Gasteiger charge is -2.40. The number of carbonyl (C=O) groups excluding carboxylic acids is 1. The molecule has 4 nitrogen and oxygen atoms in total. The average Bonchev–Trinajstić information content (AvgIpc) is 2.52. The first-order chi connectivity index (χ1) is 10.9. The van der Waals surface area contributed by atoms with Gasteiger partial charge in [-0.05, 0) is 31.9 Å². The summed E-state index contributed by atoms with van der Waals surface area (Å²) in [5, 5.41) is 9.83. The molecular formula is C17H24ClFN2O2. The Morgan fingerprint density at radius 2 is 2.22 bits per heavy atom. The number of carbonyl (C=O) groups is 1. The van der Waals surface area contributed by atoms with Crippen molar-refractivity contribution >= 4 is 17.5 Å². The van der Waals surface area contributed by atoms with Crippen LogP contribution < -0.4 is 0 Å². The molecule has 1 amide bonds. The van der Waals surface area contributed by atoms with Crippen molar-refractivity contribution in [3.05, 3.63) is 34.6 Å². The third-order valence-electron chi connectivity index (χ3n) is 4.61. The largest absolute Gasteiger partial charge is 0.395 e. The van der Waals surface area contributed by atoms with E-state index in [-0.39, 0.29) is 37.7 Å². The van der Waals surface area contributed by atoms with E-state index in [0.29, 0.717) is 10.6 Å². The van der Waals surface area contributed by atoms with E-state index in [1.807, 2.05) is 4.90 Å². The van der Waals surface area contributed by atoms with Gasteiger partial charge in [0.15, 0.2) is 0 Å². The van der Waals surface area contributed by atoms with Crippen molar-refractivity contribution in [1.29, 1.82) is 0 Å². The van der Waals surface area contributed by atoms with Gasteiger partial charge in [-0.2, -0.15) is 0 Å². The van der Waals surface area contributed by atoms with Crippen LogP contribution in [-0.2, 0) is 11.3 Å². The zero-order valence-electron chi connectivity index (χ0n) is 13.6. The number of amides is 1. The van der Waals surface area contributed by atoms with E-state index < -0.39 is 5.82 Å². The maximum absolute atomic E-state index is 13.8. The lowest BCUT2D eigenvalue weighted by Crippen LogP contribution is -2.51. The molecule has 1 saturated heterocycles. The van der Waals surface area contributed by atoms with Gasteiger partial charge in [0, 0.05) is 36.3 Å². The summed E-state index contributed by atoms with van der Waals surface area (Å²) in [6.45, 7) is 2.49. The minimum atomic E-state index is -0.406. The Hall–Kier alpha value is -1.17. The fraction of sp³-hybridized carbons (Fsp3) is 0.588. The Morgan fingerprint density at radius 3 is 2.87 bits per heavy atom. The number of likely N-dealkylation sites (N-methyl/N-ethyl adjacent to an activating group) is 1. The first kappa shape index (κ1) is 18.2. The van der Waals surface area contributed by atoms with Gasteiger partial charge in [-0.25, -0.2) is 4.39 Å². The van der Waals surface area contributed by atoms with Crippen molar-refractivity contribution in [1.82, 2.24) is 9.80 Å². The zero-order chi connectivity index (χ0) is 17.0. The van der Waals surface area contributed by atoms with E-state index in [4.69, 9.17) is 11.6 Å². The smallest absolute Gasteiger partial charge is 0.236 e. The van der Waals surface area contributed by atoms with E-state index >= 15 is 0 Å². The minimum absolute atomic E-state index is 0.0214. The molecule has 128 valence electrons. The number of halogens is 2. The van der Waals surface area contributed by atoms with Crippen LogP contribution in [0.15, 0.2) is 18.2 Å². The third kappa shape index (κ3) is 4.43. The summed E-state index contributed by atoms with van der Waals surface area (Å²) in [7, 11) is 1.65. The molecule has 1 aromatic carbocycles. The SMILES string of the molecule is CC1CCCC(CO)N1CC(=O)N(C)Cc1c(F)cccc1Cl. The Balaban J connectivity index is 2.02. The first-order valence-corrected chi connectivity index (χ1v) is 8.35. The fourth-order valence-corrected chi connectivity index (χ4v) is 3.33. The van der Waals surface area contributed by atoms with Crippen LogP contribution in [0.2, 0.25) is 5.02 Å². The molecule has 1 N–H and O–H groups in total. The van der Waals surface area contributed by atoms with Crippen LogP contribution in [0.25, 0.3) is 0 Å². The van der Waals surface area contributed by atoms with Gasteiger partial charge in [-0.3, -0.25) is 9.69 Å². The van der Waals surface area contributed by atoms with E-state index in [0.717, 1.165) is 19.3 Å². The Labute approximate surface area is 141 Å². The van der Waals surface area contributed by atoms with E-state index in [1.165, 1.54) is 11.0 Å².